The summed E-state index contributed by atoms with van der Waals surface area (Å²) in [6.07, 6.45) is 8.14. The maximum absolute atomic E-state index is 11.6. The van der Waals surface area contributed by atoms with Crippen LogP contribution < -0.4 is 0 Å². The van der Waals surface area contributed by atoms with E-state index in [0.29, 0.717) is 17.8 Å². The molecule has 1 aliphatic heterocycles. The number of piperidine rings is 1. The van der Waals surface area contributed by atoms with E-state index in [-0.39, 0.29) is 5.91 Å². The van der Waals surface area contributed by atoms with E-state index >= 15 is 0 Å². The minimum atomic E-state index is -0.674. The summed E-state index contributed by atoms with van der Waals surface area (Å²) in [6.45, 7) is 5.19. The molecule has 0 aromatic rings. The minimum Gasteiger partial charge on any atom is -0.481 e. The van der Waals surface area contributed by atoms with Gasteiger partial charge in [0.25, 0.3) is 0 Å². The van der Waals surface area contributed by atoms with E-state index in [1.807, 2.05) is 4.90 Å². The summed E-state index contributed by atoms with van der Waals surface area (Å²) in [4.78, 5) is 24.2. The number of likely N-dealkylation sites (tertiary alicyclic amines) is 1. The molecule has 106 valence electrons. The average molecular weight is 265 g/mol. The van der Waals surface area contributed by atoms with Gasteiger partial charge in [0.15, 0.2) is 0 Å². The molecule has 2 aliphatic rings. The molecule has 0 aromatic carbocycles. The fourth-order valence-electron chi connectivity index (χ4n) is 3.57. The highest BCUT2D eigenvalue weighted by Gasteiger charge is 2.38. The Hall–Kier alpha value is -1.32. The Kier molecular flexibility index (Phi) is 4.27. The largest absolute Gasteiger partial charge is 0.481 e. The van der Waals surface area contributed by atoms with Crippen molar-refractivity contribution >= 4 is 11.9 Å². The van der Waals surface area contributed by atoms with Crippen LogP contribution in [-0.2, 0) is 9.59 Å². The van der Waals surface area contributed by atoms with E-state index in [0.717, 1.165) is 51.6 Å². The van der Waals surface area contributed by atoms with Crippen molar-refractivity contribution in [2.75, 3.05) is 13.1 Å². The van der Waals surface area contributed by atoms with Gasteiger partial charge >= 0.3 is 5.97 Å². The highest BCUT2D eigenvalue weighted by molar-refractivity contribution is 5.87. The van der Waals surface area contributed by atoms with Crippen LogP contribution in [0.1, 0.15) is 44.9 Å². The molecule has 0 atom stereocenters. The Morgan fingerprint density at radius 1 is 1.21 bits per heavy atom. The number of nitrogens with zero attached hydrogens (tertiary/aromatic N) is 1. The zero-order valence-electron chi connectivity index (χ0n) is 11.4. The lowest BCUT2D eigenvalue weighted by Gasteiger charge is -2.45. The van der Waals surface area contributed by atoms with E-state index in [9.17, 15) is 9.59 Å². The Balaban J connectivity index is 1.83. The predicted molar refractivity (Wildman–Crippen MR) is 72.7 cm³/mol. The van der Waals surface area contributed by atoms with Gasteiger partial charge < -0.3 is 10.0 Å². The molecule has 1 amide bonds. The van der Waals surface area contributed by atoms with Crippen LogP contribution in [0.2, 0.25) is 0 Å². The Bertz CT molecular complexity index is 360. The van der Waals surface area contributed by atoms with Gasteiger partial charge in [-0.3, -0.25) is 9.59 Å². The number of rotatable bonds is 3. The fourth-order valence-corrected chi connectivity index (χ4v) is 3.57. The molecule has 2 rings (SSSR count). The molecule has 1 heterocycles. The van der Waals surface area contributed by atoms with Gasteiger partial charge in [0.2, 0.25) is 5.91 Å². The maximum atomic E-state index is 11.6. The van der Waals surface area contributed by atoms with Gasteiger partial charge in [-0.1, -0.05) is 6.58 Å². The molecule has 1 saturated heterocycles. The molecule has 0 aromatic heterocycles. The molecule has 1 saturated carbocycles. The Labute approximate surface area is 114 Å². The summed E-state index contributed by atoms with van der Waals surface area (Å²) >= 11 is 0. The lowest BCUT2D eigenvalue weighted by atomic mass is 9.65. The van der Waals surface area contributed by atoms with Gasteiger partial charge in [-0.05, 0) is 55.9 Å². The summed E-state index contributed by atoms with van der Waals surface area (Å²) < 4.78 is 0. The molecular formula is C15H23NO3. The number of carbonyl (C=O) groups is 2. The van der Waals surface area contributed by atoms with Crippen LogP contribution in [0.25, 0.3) is 0 Å². The lowest BCUT2D eigenvalue weighted by molar-refractivity contribution is -0.139. The molecular weight excluding hydrogens is 242 g/mol. The molecule has 19 heavy (non-hydrogen) atoms. The van der Waals surface area contributed by atoms with Crippen molar-refractivity contribution in [3.63, 3.8) is 0 Å². The van der Waals surface area contributed by atoms with E-state index in [1.54, 1.807) is 0 Å². The third kappa shape index (κ3) is 3.37. The first-order valence-electron chi connectivity index (χ1n) is 7.18. The van der Waals surface area contributed by atoms with Crippen LogP contribution in [0.4, 0.5) is 0 Å². The second-order valence-corrected chi connectivity index (χ2v) is 6.07. The number of aliphatic carboxylic acids is 1. The topological polar surface area (TPSA) is 57.6 Å². The van der Waals surface area contributed by atoms with E-state index in [2.05, 4.69) is 6.58 Å². The van der Waals surface area contributed by atoms with Gasteiger partial charge in [0, 0.05) is 19.5 Å². The molecule has 0 unspecified atom stereocenters. The number of carboxylic acid groups (broad SMARTS) is 1. The van der Waals surface area contributed by atoms with Crippen LogP contribution in [0.5, 0.6) is 0 Å². The van der Waals surface area contributed by atoms with Crippen LogP contribution >= 0.6 is 0 Å². The third-order valence-corrected chi connectivity index (χ3v) is 4.94. The smallest absolute Gasteiger partial charge is 0.303 e. The quantitative estimate of drug-likeness (QED) is 0.797. The van der Waals surface area contributed by atoms with Gasteiger partial charge in [0.05, 0.1) is 0 Å². The SMILES string of the molecule is C=CC(=O)N1CCC2(CCC(CC(=O)O)CC2)CC1. The zero-order valence-corrected chi connectivity index (χ0v) is 11.4. The van der Waals surface area contributed by atoms with Gasteiger partial charge in [0.1, 0.15) is 0 Å². The van der Waals surface area contributed by atoms with E-state index in [4.69, 9.17) is 5.11 Å². The number of carboxylic acids is 1. The summed E-state index contributed by atoms with van der Waals surface area (Å²) in [5.41, 5.74) is 0.368. The Morgan fingerprint density at radius 2 is 1.79 bits per heavy atom. The minimum absolute atomic E-state index is 0.0365. The maximum Gasteiger partial charge on any atom is 0.303 e. The second-order valence-electron chi connectivity index (χ2n) is 6.07. The van der Waals surface area contributed by atoms with Crippen molar-refractivity contribution in [1.82, 2.24) is 4.90 Å². The van der Waals surface area contributed by atoms with Crippen molar-refractivity contribution in [1.29, 1.82) is 0 Å². The molecule has 0 radical (unpaired) electrons. The summed E-state index contributed by atoms with van der Waals surface area (Å²) in [7, 11) is 0. The van der Waals surface area contributed by atoms with Crippen molar-refractivity contribution in [3.8, 4) is 0 Å². The van der Waals surface area contributed by atoms with Crippen LogP contribution in [-0.4, -0.2) is 35.0 Å². The van der Waals surface area contributed by atoms with Gasteiger partial charge in [-0.15, -0.1) is 0 Å². The molecule has 4 nitrogen and oxygen atoms in total. The zero-order chi connectivity index (χ0) is 13.9. The average Bonchev–Trinajstić information content (AvgIpc) is 2.41. The highest BCUT2D eigenvalue weighted by atomic mass is 16.4. The van der Waals surface area contributed by atoms with E-state index in [1.165, 1.54) is 6.08 Å². The van der Waals surface area contributed by atoms with Crippen molar-refractivity contribution < 1.29 is 14.7 Å². The van der Waals surface area contributed by atoms with Crippen molar-refractivity contribution in [3.05, 3.63) is 12.7 Å². The lowest BCUT2D eigenvalue weighted by Crippen LogP contribution is -2.44. The summed E-state index contributed by atoms with van der Waals surface area (Å²) in [5, 5.41) is 8.84. The highest BCUT2D eigenvalue weighted by Crippen LogP contribution is 2.46. The first kappa shape index (κ1) is 14.1. The van der Waals surface area contributed by atoms with Crippen molar-refractivity contribution in [2.24, 2.45) is 11.3 Å². The van der Waals surface area contributed by atoms with Crippen LogP contribution in [0.15, 0.2) is 12.7 Å². The molecule has 0 bridgehead atoms. The monoisotopic (exact) mass is 265 g/mol. The number of hydrogen-bond donors (Lipinski definition) is 1. The fraction of sp³-hybridized carbons (Fsp3) is 0.733. The number of amides is 1. The number of hydrogen-bond acceptors (Lipinski definition) is 2. The standard InChI is InChI=1S/C15H23NO3/c1-2-13(17)16-9-7-15(8-10-16)5-3-12(4-6-15)11-14(18)19/h2,12H,1,3-11H2,(H,18,19). The first-order valence-corrected chi connectivity index (χ1v) is 7.18. The molecule has 1 aliphatic carbocycles. The van der Waals surface area contributed by atoms with Gasteiger partial charge in [-0.25, -0.2) is 0 Å². The Morgan fingerprint density at radius 3 is 2.26 bits per heavy atom. The second kappa shape index (κ2) is 5.76. The van der Waals surface area contributed by atoms with Crippen LogP contribution in [0.3, 0.4) is 0 Å². The molecule has 2 fully saturated rings. The molecule has 1 N–H and O–H groups in total. The summed E-state index contributed by atoms with van der Waals surface area (Å²) in [5.74, 6) is -0.280. The molecule has 4 heteroatoms. The predicted octanol–water partition coefficient (Wildman–Crippen LogP) is 2.45. The van der Waals surface area contributed by atoms with Crippen molar-refractivity contribution in [2.45, 2.75) is 44.9 Å². The van der Waals surface area contributed by atoms with E-state index < -0.39 is 5.97 Å². The van der Waals surface area contributed by atoms with Crippen LogP contribution in [0, 0.1) is 11.3 Å². The third-order valence-electron chi connectivity index (χ3n) is 4.94. The first-order chi connectivity index (χ1) is 9.04. The molecule has 1 spiro atoms. The van der Waals surface area contributed by atoms with Gasteiger partial charge in [-0.2, -0.15) is 0 Å². The normalized spacial score (nSPS) is 23.3. The number of carbonyl (C=O) groups excluding carboxylic acids is 1. The summed E-state index contributed by atoms with van der Waals surface area (Å²) in [6, 6.07) is 0.